The van der Waals surface area contributed by atoms with Crippen molar-refractivity contribution in [3.05, 3.63) is 46.8 Å². The van der Waals surface area contributed by atoms with E-state index in [1.54, 1.807) is 0 Å². The second-order valence-corrected chi connectivity index (χ2v) is 10.1. The topological polar surface area (TPSA) is 57.8 Å². The molecule has 1 unspecified atom stereocenters. The van der Waals surface area contributed by atoms with Crippen molar-refractivity contribution in [3.8, 4) is 0 Å². The largest absolute Gasteiger partial charge is 0.342 e. The highest BCUT2D eigenvalue weighted by Crippen LogP contribution is 2.58. The molecule has 1 saturated carbocycles. The summed E-state index contributed by atoms with van der Waals surface area (Å²) < 4.78 is 27.3. The van der Waals surface area contributed by atoms with Gasteiger partial charge in [-0.05, 0) is 24.2 Å². The van der Waals surface area contributed by atoms with Crippen molar-refractivity contribution in [2.75, 3.05) is 5.32 Å². The number of fused-ring (bicyclic) bond motifs is 1. The van der Waals surface area contributed by atoms with Crippen molar-refractivity contribution in [2.24, 2.45) is 11.3 Å². The van der Waals surface area contributed by atoms with E-state index in [0.29, 0.717) is 12.2 Å². The zero-order chi connectivity index (χ0) is 20.6. The van der Waals surface area contributed by atoms with Crippen molar-refractivity contribution in [1.82, 2.24) is 10.2 Å². The standard InChI is InChI=1S/C23H27F2N3O/c1-21(2)11-15-17(16(29)12-21)22(3,14-7-5-4-6-8-14)18-19(27-28-20(18)26-15)13-9-23(24,25)10-13/h4-7,13-14H,8-12H2,1-3H3,(H2,26,27,28)/t14?,22-/m1/s1. The van der Waals surface area contributed by atoms with Gasteiger partial charge in [0.15, 0.2) is 11.6 Å². The van der Waals surface area contributed by atoms with E-state index in [2.05, 4.69) is 48.4 Å². The number of alkyl halides is 2. The Morgan fingerprint density at radius 3 is 2.55 bits per heavy atom. The lowest BCUT2D eigenvalue weighted by Gasteiger charge is -2.47. The summed E-state index contributed by atoms with van der Waals surface area (Å²) in [5.41, 5.74) is 2.75. The second kappa shape index (κ2) is 5.89. The smallest absolute Gasteiger partial charge is 0.249 e. The van der Waals surface area contributed by atoms with Gasteiger partial charge >= 0.3 is 0 Å². The maximum atomic E-state index is 13.6. The molecule has 2 atom stereocenters. The zero-order valence-corrected chi connectivity index (χ0v) is 17.1. The molecule has 0 aromatic carbocycles. The molecule has 1 fully saturated rings. The van der Waals surface area contributed by atoms with E-state index in [1.165, 1.54) is 0 Å². The van der Waals surface area contributed by atoms with E-state index in [0.717, 1.165) is 35.4 Å². The predicted molar refractivity (Wildman–Crippen MR) is 108 cm³/mol. The number of hydrogen-bond acceptors (Lipinski definition) is 3. The number of rotatable bonds is 2. The maximum absolute atomic E-state index is 13.6. The lowest BCUT2D eigenvalue weighted by Crippen LogP contribution is -2.46. The Balaban J connectivity index is 1.68. The fourth-order valence-electron chi connectivity index (χ4n) is 5.81. The molecule has 1 aromatic heterocycles. The average molecular weight is 399 g/mol. The van der Waals surface area contributed by atoms with Crippen LogP contribution in [0.3, 0.4) is 0 Å². The van der Waals surface area contributed by atoms with E-state index >= 15 is 0 Å². The minimum absolute atomic E-state index is 0.0837. The van der Waals surface area contributed by atoms with E-state index in [9.17, 15) is 13.6 Å². The van der Waals surface area contributed by atoms with Gasteiger partial charge in [-0.1, -0.05) is 45.1 Å². The first-order valence-corrected chi connectivity index (χ1v) is 10.4. The van der Waals surface area contributed by atoms with Crippen LogP contribution in [-0.2, 0) is 10.2 Å². The van der Waals surface area contributed by atoms with Crippen molar-refractivity contribution in [2.45, 2.75) is 70.1 Å². The number of halogens is 2. The molecule has 2 heterocycles. The van der Waals surface area contributed by atoms with Crippen LogP contribution in [-0.4, -0.2) is 21.9 Å². The van der Waals surface area contributed by atoms with Gasteiger partial charge in [0.2, 0.25) is 5.92 Å². The van der Waals surface area contributed by atoms with E-state index in [1.807, 2.05) is 12.2 Å². The monoisotopic (exact) mass is 399 g/mol. The summed E-state index contributed by atoms with van der Waals surface area (Å²) in [6.45, 7) is 6.33. The van der Waals surface area contributed by atoms with Crippen molar-refractivity contribution < 1.29 is 13.6 Å². The van der Waals surface area contributed by atoms with Crippen LogP contribution in [0.2, 0.25) is 0 Å². The second-order valence-electron chi connectivity index (χ2n) is 10.1. The Morgan fingerprint density at radius 2 is 1.90 bits per heavy atom. The molecular weight excluding hydrogens is 372 g/mol. The SMILES string of the molecule is CC1(C)CC(=O)C2=C(C1)Nc1n[nH]c(C3CC(F)(F)C3)c1[C@]2(C)C1C=CC=CC1. The first kappa shape index (κ1) is 18.8. The third-order valence-corrected chi connectivity index (χ3v) is 7.20. The number of ketones is 1. The van der Waals surface area contributed by atoms with Crippen LogP contribution in [0.25, 0.3) is 0 Å². The average Bonchev–Trinajstić information content (AvgIpc) is 3.03. The normalized spacial score (nSPS) is 32.4. The molecular formula is C23H27F2N3O. The Bertz CT molecular complexity index is 976. The van der Waals surface area contributed by atoms with Crippen molar-refractivity contribution >= 4 is 11.6 Å². The molecule has 29 heavy (non-hydrogen) atoms. The fourth-order valence-corrected chi connectivity index (χ4v) is 5.81. The third-order valence-electron chi connectivity index (χ3n) is 7.20. The van der Waals surface area contributed by atoms with Crippen LogP contribution >= 0.6 is 0 Å². The molecule has 0 saturated heterocycles. The Hall–Kier alpha value is -2.24. The maximum Gasteiger partial charge on any atom is 0.249 e. The quantitative estimate of drug-likeness (QED) is 0.702. The number of carbonyl (C=O) groups is 1. The molecule has 0 amide bonds. The van der Waals surface area contributed by atoms with E-state index < -0.39 is 11.3 Å². The fraction of sp³-hybridized carbons (Fsp3) is 0.565. The van der Waals surface area contributed by atoms with Gasteiger partial charge < -0.3 is 5.32 Å². The highest BCUT2D eigenvalue weighted by Gasteiger charge is 2.55. The van der Waals surface area contributed by atoms with Gasteiger partial charge in [0, 0.05) is 53.1 Å². The number of aromatic nitrogens is 2. The van der Waals surface area contributed by atoms with Gasteiger partial charge in [0.25, 0.3) is 0 Å². The Kier molecular flexibility index (Phi) is 3.81. The molecule has 0 radical (unpaired) electrons. The van der Waals surface area contributed by atoms with Crippen LogP contribution in [0.15, 0.2) is 35.6 Å². The van der Waals surface area contributed by atoms with Gasteiger partial charge in [-0.15, -0.1) is 0 Å². The summed E-state index contributed by atoms with van der Waals surface area (Å²) in [6, 6.07) is 0. The van der Waals surface area contributed by atoms with Gasteiger partial charge in [-0.25, -0.2) is 8.78 Å². The number of hydrogen-bond donors (Lipinski definition) is 2. The van der Waals surface area contributed by atoms with E-state index in [-0.39, 0.29) is 35.9 Å². The molecule has 6 heteroatoms. The number of anilines is 1. The Labute approximate surface area is 169 Å². The molecule has 4 aliphatic rings. The molecule has 4 nitrogen and oxygen atoms in total. The molecule has 3 aliphatic carbocycles. The van der Waals surface area contributed by atoms with Gasteiger partial charge in [-0.2, -0.15) is 5.10 Å². The summed E-state index contributed by atoms with van der Waals surface area (Å²) in [5, 5.41) is 11.0. The minimum Gasteiger partial charge on any atom is -0.342 e. The van der Waals surface area contributed by atoms with Crippen LogP contribution in [0.5, 0.6) is 0 Å². The number of H-pyrrole nitrogens is 1. The number of aromatic amines is 1. The highest BCUT2D eigenvalue weighted by atomic mass is 19.3. The van der Waals surface area contributed by atoms with Crippen LogP contribution in [0, 0.1) is 11.3 Å². The van der Waals surface area contributed by atoms with Gasteiger partial charge in [-0.3, -0.25) is 9.89 Å². The Morgan fingerprint density at radius 1 is 1.14 bits per heavy atom. The number of Topliss-reactive ketones (excluding diaryl/α,β-unsaturated/α-hetero) is 1. The van der Waals surface area contributed by atoms with Gasteiger partial charge in [0.1, 0.15) is 0 Å². The lowest BCUT2D eigenvalue weighted by molar-refractivity contribution is -0.119. The summed E-state index contributed by atoms with van der Waals surface area (Å²) in [7, 11) is 0. The first-order chi connectivity index (χ1) is 13.6. The minimum atomic E-state index is -2.61. The molecule has 0 spiro atoms. The number of carbonyl (C=O) groups excluding carboxylic acids is 1. The van der Waals surface area contributed by atoms with Crippen LogP contribution < -0.4 is 5.32 Å². The van der Waals surface area contributed by atoms with Gasteiger partial charge in [0.05, 0.1) is 0 Å². The van der Waals surface area contributed by atoms with Crippen molar-refractivity contribution in [3.63, 3.8) is 0 Å². The number of allylic oxidation sites excluding steroid dienone is 6. The molecule has 0 bridgehead atoms. The molecule has 2 N–H and O–H groups in total. The molecule has 5 rings (SSSR count). The number of nitrogens with zero attached hydrogens (tertiary/aromatic N) is 1. The molecule has 154 valence electrons. The summed E-state index contributed by atoms with van der Waals surface area (Å²) in [5.74, 6) is -1.91. The van der Waals surface area contributed by atoms with Crippen LogP contribution in [0.4, 0.5) is 14.6 Å². The number of nitrogens with one attached hydrogen (secondary N) is 2. The first-order valence-electron chi connectivity index (χ1n) is 10.4. The predicted octanol–water partition coefficient (Wildman–Crippen LogP) is 5.38. The summed E-state index contributed by atoms with van der Waals surface area (Å²) >= 11 is 0. The van der Waals surface area contributed by atoms with Crippen LogP contribution in [0.1, 0.15) is 70.1 Å². The summed E-state index contributed by atoms with van der Waals surface area (Å²) in [4.78, 5) is 13.4. The van der Waals surface area contributed by atoms with Crippen molar-refractivity contribution in [1.29, 1.82) is 0 Å². The summed E-state index contributed by atoms with van der Waals surface area (Å²) in [6.07, 6.45) is 10.1. The molecule has 1 aromatic rings. The zero-order valence-electron chi connectivity index (χ0n) is 17.1. The highest BCUT2D eigenvalue weighted by molar-refractivity contribution is 6.02. The molecule has 1 aliphatic heterocycles. The van der Waals surface area contributed by atoms with E-state index in [4.69, 9.17) is 0 Å². The third kappa shape index (κ3) is 2.75. The lowest BCUT2D eigenvalue weighted by atomic mass is 9.57.